The van der Waals surface area contributed by atoms with Gasteiger partial charge in [-0.15, -0.1) is 11.3 Å². The minimum atomic E-state index is -0.124. The van der Waals surface area contributed by atoms with Gasteiger partial charge in [0, 0.05) is 17.8 Å². The van der Waals surface area contributed by atoms with E-state index in [2.05, 4.69) is 10.6 Å². The highest BCUT2D eigenvalue weighted by atomic mass is 35.5. The summed E-state index contributed by atoms with van der Waals surface area (Å²) in [6, 6.07) is 3.69. The van der Waals surface area contributed by atoms with Crippen LogP contribution in [0.2, 0.25) is 4.34 Å². The lowest BCUT2D eigenvalue weighted by atomic mass is 9.98. The Bertz CT molecular complexity index is 451. The molecule has 1 aromatic rings. The van der Waals surface area contributed by atoms with E-state index >= 15 is 0 Å². The Morgan fingerprint density at radius 1 is 1.61 bits per heavy atom. The van der Waals surface area contributed by atoms with Crippen molar-refractivity contribution < 1.29 is 9.59 Å². The van der Waals surface area contributed by atoms with E-state index in [0.29, 0.717) is 19.4 Å². The maximum Gasteiger partial charge on any atom is 0.225 e. The van der Waals surface area contributed by atoms with Crippen LogP contribution in [-0.4, -0.2) is 18.4 Å². The van der Waals surface area contributed by atoms with E-state index in [1.165, 1.54) is 11.3 Å². The van der Waals surface area contributed by atoms with E-state index in [1.807, 2.05) is 19.1 Å². The van der Waals surface area contributed by atoms with Crippen LogP contribution in [0.15, 0.2) is 12.1 Å². The summed E-state index contributed by atoms with van der Waals surface area (Å²) in [5.41, 5.74) is 0. The zero-order valence-electron chi connectivity index (χ0n) is 10.0. The van der Waals surface area contributed by atoms with E-state index < -0.39 is 0 Å². The van der Waals surface area contributed by atoms with Crippen molar-refractivity contribution >= 4 is 34.8 Å². The first-order chi connectivity index (χ1) is 8.56. The van der Waals surface area contributed by atoms with Gasteiger partial charge in [-0.3, -0.25) is 9.59 Å². The van der Waals surface area contributed by atoms with Crippen LogP contribution >= 0.6 is 22.9 Å². The third-order valence-electron chi connectivity index (χ3n) is 3.02. The maximum absolute atomic E-state index is 12.0. The van der Waals surface area contributed by atoms with Gasteiger partial charge in [-0.2, -0.15) is 0 Å². The second-order valence-electron chi connectivity index (χ2n) is 4.41. The van der Waals surface area contributed by atoms with Crippen LogP contribution in [0.5, 0.6) is 0 Å². The molecule has 4 nitrogen and oxygen atoms in total. The fourth-order valence-electron chi connectivity index (χ4n) is 1.92. The number of carbonyl (C=O) groups is 2. The van der Waals surface area contributed by atoms with Gasteiger partial charge in [0.15, 0.2) is 0 Å². The second kappa shape index (κ2) is 5.71. The van der Waals surface area contributed by atoms with Gasteiger partial charge in [0.05, 0.1) is 16.3 Å². The number of piperidine rings is 1. The van der Waals surface area contributed by atoms with Crippen molar-refractivity contribution in [3.05, 3.63) is 21.3 Å². The van der Waals surface area contributed by atoms with Crippen LogP contribution in [0.1, 0.15) is 30.7 Å². The van der Waals surface area contributed by atoms with Crippen LogP contribution in [0.3, 0.4) is 0 Å². The Balaban J connectivity index is 1.89. The van der Waals surface area contributed by atoms with Gasteiger partial charge in [0.1, 0.15) is 0 Å². The average molecular weight is 287 g/mol. The minimum absolute atomic E-state index is 0.00739. The van der Waals surface area contributed by atoms with E-state index in [0.717, 1.165) is 9.21 Å². The highest BCUT2D eigenvalue weighted by Gasteiger charge is 2.25. The molecule has 0 radical (unpaired) electrons. The zero-order valence-corrected chi connectivity index (χ0v) is 11.6. The molecular formula is C12H15ClN2O2S. The maximum atomic E-state index is 12.0. The molecular weight excluding hydrogens is 272 g/mol. The van der Waals surface area contributed by atoms with E-state index in [-0.39, 0.29) is 23.8 Å². The standard InChI is InChI=1S/C12H15ClN2O2S/c1-7(9-3-4-10(13)18-9)15-12(17)8-2-5-11(16)14-6-8/h3-4,7-8H,2,5-6H2,1H3,(H,14,16)(H,15,17)/t7-,8-/m1/s1. The molecule has 18 heavy (non-hydrogen) atoms. The molecule has 1 fully saturated rings. The first-order valence-corrected chi connectivity index (χ1v) is 7.08. The van der Waals surface area contributed by atoms with Crippen molar-refractivity contribution in [2.75, 3.05) is 6.54 Å². The first kappa shape index (κ1) is 13.4. The molecule has 1 aliphatic rings. The van der Waals surface area contributed by atoms with Gasteiger partial charge in [-0.1, -0.05) is 11.6 Å². The summed E-state index contributed by atoms with van der Waals surface area (Å²) < 4.78 is 0.719. The predicted molar refractivity (Wildman–Crippen MR) is 71.6 cm³/mol. The molecule has 6 heteroatoms. The third-order valence-corrected chi connectivity index (χ3v) is 4.43. The summed E-state index contributed by atoms with van der Waals surface area (Å²) in [6.45, 7) is 2.37. The van der Waals surface area contributed by atoms with Gasteiger partial charge >= 0.3 is 0 Å². The van der Waals surface area contributed by atoms with E-state index in [4.69, 9.17) is 11.6 Å². The Morgan fingerprint density at radius 2 is 2.39 bits per heavy atom. The monoisotopic (exact) mass is 286 g/mol. The molecule has 0 spiro atoms. The van der Waals surface area contributed by atoms with Crippen molar-refractivity contribution in [1.82, 2.24) is 10.6 Å². The number of hydrogen-bond donors (Lipinski definition) is 2. The van der Waals surface area contributed by atoms with Crippen molar-refractivity contribution in [2.24, 2.45) is 5.92 Å². The molecule has 98 valence electrons. The summed E-state index contributed by atoms with van der Waals surface area (Å²) in [6.07, 6.45) is 1.05. The summed E-state index contributed by atoms with van der Waals surface area (Å²) in [5, 5.41) is 5.67. The predicted octanol–water partition coefficient (Wildman–Crippen LogP) is 2.10. The Morgan fingerprint density at radius 3 is 2.94 bits per heavy atom. The molecule has 0 unspecified atom stereocenters. The molecule has 2 rings (SSSR count). The van der Waals surface area contributed by atoms with Crippen molar-refractivity contribution in [1.29, 1.82) is 0 Å². The molecule has 0 saturated carbocycles. The van der Waals surface area contributed by atoms with Crippen LogP contribution in [0, 0.1) is 5.92 Å². The average Bonchev–Trinajstić information content (AvgIpc) is 2.76. The normalized spacial score (nSPS) is 21.2. The van der Waals surface area contributed by atoms with Gasteiger partial charge in [0.25, 0.3) is 0 Å². The number of amides is 2. The number of rotatable bonds is 3. The number of nitrogens with one attached hydrogen (secondary N) is 2. The Hall–Kier alpha value is -1.07. The third kappa shape index (κ3) is 3.23. The molecule has 0 bridgehead atoms. The van der Waals surface area contributed by atoms with Gasteiger partial charge < -0.3 is 10.6 Å². The van der Waals surface area contributed by atoms with E-state index in [9.17, 15) is 9.59 Å². The Labute approximate surface area is 115 Å². The molecule has 2 atom stereocenters. The summed E-state index contributed by atoms with van der Waals surface area (Å²) in [5.74, 6) is -0.107. The van der Waals surface area contributed by atoms with Crippen LogP contribution in [0.4, 0.5) is 0 Å². The van der Waals surface area contributed by atoms with Crippen molar-refractivity contribution in [2.45, 2.75) is 25.8 Å². The highest BCUT2D eigenvalue weighted by molar-refractivity contribution is 7.16. The topological polar surface area (TPSA) is 58.2 Å². The summed E-state index contributed by atoms with van der Waals surface area (Å²) >= 11 is 7.33. The smallest absolute Gasteiger partial charge is 0.225 e. The fourth-order valence-corrected chi connectivity index (χ4v) is 2.98. The lowest BCUT2D eigenvalue weighted by Gasteiger charge is -2.23. The molecule has 1 aromatic heterocycles. The van der Waals surface area contributed by atoms with Crippen molar-refractivity contribution in [3.63, 3.8) is 0 Å². The SMILES string of the molecule is C[C@@H](NC(=O)[C@@H]1CCC(=O)NC1)c1ccc(Cl)s1. The summed E-state index contributed by atoms with van der Waals surface area (Å²) in [7, 11) is 0. The number of hydrogen-bond acceptors (Lipinski definition) is 3. The minimum Gasteiger partial charge on any atom is -0.355 e. The van der Waals surface area contributed by atoms with Crippen molar-refractivity contribution in [3.8, 4) is 0 Å². The van der Waals surface area contributed by atoms with Crippen LogP contribution < -0.4 is 10.6 Å². The van der Waals surface area contributed by atoms with E-state index in [1.54, 1.807) is 0 Å². The number of carbonyl (C=O) groups excluding carboxylic acids is 2. The number of halogens is 1. The van der Waals surface area contributed by atoms with Crippen LogP contribution in [-0.2, 0) is 9.59 Å². The molecule has 2 heterocycles. The fraction of sp³-hybridized carbons (Fsp3) is 0.500. The molecule has 0 aliphatic carbocycles. The number of thiophene rings is 1. The lowest BCUT2D eigenvalue weighted by molar-refractivity contribution is -0.129. The molecule has 2 N–H and O–H groups in total. The highest BCUT2D eigenvalue weighted by Crippen LogP contribution is 2.27. The molecule has 2 amide bonds. The molecule has 1 saturated heterocycles. The Kier molecular flexibility index (Phi) is 4.24. The second-order valence-corrected chi connectivity index (χ2v) is 6.16. The summed E-state index contributed by atoms with van der Waals surface area (Å²) in [4.78, 5) is 24.1. The van der Waals surface area contributed by atoms with Crippen LogP contribution in [0.25, 0.3) is 0 Å². The first-order valence-electron chi connectivity index (χ1n) is 5.88. The van der Waals surface area contributed by atoms with Gasteiger partial charge in [-0.05, 0) is 25.5 Å². The zero-order chi connectivity index (χ0) is 13.1. The van der Waals surface area contributed by atoms with Gasteiger partial charge in [-0.25, -0.2) is 0 Å². The lowest BCUT2D eigenvalue weighted by Crippen LogP contribution is -2.43. The molecule has 1 aliphatic heterocycles. The van der Waals surface area contributed by atoms with Gasteiger partial charge in [0.2, 0.25) is 11.8 Å². The quantitative estimate of drug-likeness (QED) is 0.894. The molecule has 0 aromatic carbocycles. The largest absolute Gasteiger partial charge is 0.355 e.